The van der Waals surface area contributed by atoms with Gasteiger partial charge in [0.25, 0.3) is 0 Å². The highest BCUT2D eigenvalue weighted by Crippen LogP contribution is 2.32. The number of nitrogens with two attached hydrogens (primary N) is 2. The molecule has 21 heavy (non-hydrogen) atoms. The molecule has 0 aliphatic heterocycles. The van der Waals surface area contributed by atoms with Crippen molar-refractivity contribution >= 4 is 23.4 Å². The minimum atomic E-state index is -0.673. The number of hydrogen-bond acceptors (Lipinski definition) is 6. The summed E-state index contributed by atoms with van der Waals surface area (Å²) in [4.78, 5) is 23.7. The van der Waals surface area contributed by atoms with E-state index in [0.717, 1.165) is 0 Å². The van der Waals surface area contributed by atoms with Crippen LogP contribution in [0.25, 0.3) is 0 Å². The number of phenolic OH excluding ortho intramolecular Hbond substituents is 2. The van der Waals surface area contributed by atoms with E-state index in [0.29, 0.717) is 17.5 Å². The summed E-state index contributed by atoms with van der Waals surface area (Å²) in [5, 5.41) is 19.6. The van der Waals surface area contributed by atoms with Crippen molar-refractivity contribution in [3.63, 3.8) is 0 Å². The second-order valence-corrected chi connectivity index (χ2v) is 4.58. The van der Waals surface area contributed by atoms with Crippen LogP contribution in [-0.2, 0) is 0 Å². The van der Waals surface area contributed by atoms with Gasteiger partial charge in [0.2, 0.25) is 0 Å². The number of hydrogen-bond donors (Lipinski definition) is 4. The molecule has 0 aliphatic rings. The molecular weight excluding hydrogens is 272 g/mol. The van der Waals surface area contributed by atoms with Gasteiger partial charge < -0.3 is 21.7 Å². The number of aromatic hydroxyl groups is 2. The number of benzene rings is 2. The van der Waals surface area contributed by atoms with Crippen LogP contribution in [0.15, 0.2) is 24.3 Å². The molecule has 0 bridgehead atoms. The summed E-state index contributed by atoms with van der Waals surface area (Å²) in [6.45, 7) is 1.57. The van der Waals surface area contributed by atoms with Crippen LogP contribution in [0, 0.1) is 6.92 Å². The van der Waals surface area contributed by atoms with E-state index in [4.69, 9.17) is 11.5 Å². The molecule has 0 aliphatic carbocycles. The predicted molar refractivity (Wildman–Crippen MR) is 78.6 cm³/mol. The molecule has 2 aromatic carbocycles. The molecule has 0 fully saturated rings. The molecule has 0 saturated heterocycles. The maximum Gasteiger partial charge on any atom is 0.200 e. The fraction of sp³-hybridized carbons (Fsp3) is 0.0667. The van der Waals surface area contributed by atoms with Crippen LogP contribution < -0.4 is 11.5 Å². The Balaban J connectivity index is 2.75. The summed E-state index contributed by atoms with van der Waals surface area (Å²) in [6.07, 6.45) is 0.345. The highest BCUT2D eigenvalue weighted by atomic mass is 16.3. The quantitative estimate of drug-likeness (QED) is 0.294. The van der Waals surface area contributed by atoms with E-state index in [-0.39, 0.29) is 33.9 Å². The van der Waals surface area contributed by atoms with E-state index in [1.165, 1.54) is 24.3 Å². The number of carbonyl (C=O) groups is 2. The molecule has 0 atom stereocenters. The van der Waals surface area contributed by atoms with Gasteiger partial charge in [0.1, 0.15) is 11.5 Å². The number of ketones is 1. The van der Waals surface area contributed by atoms with Crippen LogP contribution in [0.1, 0.15) is 31.8 Å². The lowest BCUT2D eigenvalue weighted by Crippen LogP contribution is -2.12. The van der Waals surface area contributed by atoms with E-state index < -0.39 is 5.78 Å². The van der Waals surface area contributed by atoms with Gasteiger partial charge in [-0.25, -0.2) is 0 Å². The summed E-state index contributed by atoms with van der Waals surface area (Å²) in [5.41, 5.74) is 11.8. The Morgan fingerprint density at radius 2 is 1.57 bits per heavy atom. The standard InChI is InChI=1S/C15H14N2O4/c1-7-9(16)2-5-12(20)13(7)15(21)14-8(6-18)11(19)4-3-10(14)17/h2-6,19-20H,16-17H2,1H3. The van der Waals surface area contributed by atoms with Crippen molar-refractivity contribution in [2.24, 2.45) is 0 Å². The molecule has 6 N–H and O–H groups in total. The molecule has 0 unspecified atom stereocenters. The Morgan fingerprint density at radius 1 is 1.00 bits per heavy atom. The average Bonchev–Trinajstić information content (AvgIpc) is 2.45. The summed E-state index contributed by atoms with van der Waals surface area (Å²) < 4.78 is 0. The zero-order valence-corrected chi connectivity index (χ0v) is 11.3. The smallest absolute Gasteiger partial charge is 0.200 e. The number of rotatable bonds is 3. The summed E-state index contributed by atoms with van der Waals surface area (Å²) in [5.74, 6) is -1.30. The maximum atomic E-state index is 12.6. The number of anilines is 2. The Morgan fingerprint density at radius 3 is 2.19 bits per heavy atom. The van der Waals surface area contributed by atoms with E-state index >= 15 is 0 Å². The predicted octanol–water partition coefficient (Wildman–Crippen LogP) is 1.61. The van der Waals surface area contributed by atoms with Crippen molar-refractivity contribution in [3.8, 4) is 11.5 Å². The van der Waals surface area contributed by atoms with Crippen molar-refractivity contribution < 1.29 is 19.8 Å². The van der Waals surface area contributed by atoms with Crippen LogP contribution in [0.3, 0.4) is 0 Å². The SMILES string of the molecule is Cc1c(N)ccc(O)c1C(=O)c1c(N)ccc(O)c1C=O. The summed E-state index contributed by atoms with van der Waals surface area (Å²) in [6, 6.07) is 5.29. The molecule has 0 radical (unpaired) electrons. The van der Waals surface area contributed by atoms with Gasteiger partial charge in [-0.15, -0.1) is 0 Å². The minimum Gasteiger partial charge on any atom is -0.507 e. The molecule has 2 aromatic rings. The van der Waals surface area contributed by atoms with Crippen LogP contribution in [0.2, 0.25) is 0 Å². The highest BCUT2D eigenvalue weighted by Gasteiger charge is 2.24. The summed E-state index contributed by atoms with van der Waals surface area (Å²) in [7, 11) is 0. The van der Waals surface area contributed by atoms with Crippen LogP contribution in [0.4, 0.5) is 11.4 Å². The van der Waals surface area contributed by atoms with Gasteiger partial charge in [0, 0.05) is 11.4 Å². The van der Waals surface area contributed by atoms with Gasteiger partial charge in [-0.3, -0.25) is 9.59 Å². The Labute approximate surface area is 120 Å². The second kappa shape index (κ2) is 5.16. The van der Waals surface area contributed by atoms with Gasteiger partial charge >= 0.3 is 0 Å². The Bertz CT molecular complexity index is 754. The van der Waals surface area contributed by atoms with E-state index in [1.807, 2.05) is 0 Å². The van der Waals surface area contributed by atoms with E-state index in [2.05, 4.69) is 0 Å². The van der Waals surface area contributed by atoms with Crippen molar-refractivity contribution in [2.75, 3.05) is 11.5 Å². The molecule has 0 saturated carbocycles. The molecule has 0 heterocycles. The molecule has 0 aromatic heterocycles. The first-order chi connectivity index (χ1) is 9.88. The lowest BCUT2D eigenvalue weighted by Gasteiger charge is -2.13. The van der Waals surface area contributed by atoms with Crippen molar-refractivity contribution in [3.05, 3.63) is 46.5 Å². The topological polar surface area (TPSA) is 127 Å². The third kappa shape index (κ3) is 2.27. The molecule has 0 spiro atoms. The van der Waals surface area contributed by atoms with Crippen molar-refractivity contribution in [1.82, 2.24) is 0 Å². The highest BCUT2D eigenvalue weighted by molar-refractivity contribution is 6.18. The largest absolute Gasteiger partial charge is 0.507 e. The lowest BCUT2D eigenvalue weighted by molar-refractivity contribution is 0.102. The van der Waals surface area contributed by atoms with Gasteiger partial charge in [0.05, 0.1) is 16.7 Å². The molecule has 6 heteroatoms. The number of nitrogen functional groups attached to an aromatic ring is 2. The fourth-order valence-electron chi connectivity index (χ4n) is 2.12. The van der Waals surface area contributed by atoms with Crippen LogP contribution in [-0.4, -0.2) is 22.3 Å². The van der Waals surface area contributed by atoms with Gasteiger partial charge in [-0.2, -0.15) is 0 Å². The maximum absolute atomic E-state index is 12.6. The first kappa shape index (κ1) is 14.4. The van der Waals surface area contributed by atoms with Crippen LogP contribution >= 0.6 is 0 Å². The lowest BCUT2D eigenvalue weighted by atomic mass is 9.92. The molecule has 108 valence electrons. The zero-order chi connectivity index (χ0) is 15.7. The molecule has 2 rings (SSSR count). The second-order valence-electron chi connectivity index (χ2n) is 4.58. The first-order valence-corrected chi connectivity index (χ1v) is 6.07. The van der Waals surface area contributed by atoms with Crippen molar-refractivity contribution in [2.45, 2.75) is 6.92 Å². The number of phenols is 2. The third-order valence-corrected chi connectivity index (χ3v) is 3.31. The number of carbonyl (C=O) groups excluding carboxylic acids is 2. The van der Waals surface area contributed by atoms with Crippen LogP contribution in [0.5, 0.6) is 11.5 Å². The molecular formula is C15H14N2O4. The fourth-order valence-corrected chi connectivity index (χ4v) is 2.12. The van der Waals surface area contributed by atoms with Gasteiger partial charge in [-0.1, -0.05) is 0 Å². The van der Waals surface area contributed by atoms with E-state index in [1.54, 1.807) is 6.92 Å². The van der Waals surface area contributed by atoms with Gasteiger partial charge in [0.15, 0.2) is 12.1 Å². The first-order valence-electron chi connectivity index (χ1n) is 6.07. The Hall–Kier alpha value is -3.02. The van der Waals surface area contributed by atoms with Crippen molar-refractivity contribution in [1.29, 1.82) is 0 Å². The monoisotopic (exact) mass is 286 g/mol. The minimum absolute atomic E-state index is 0.0288. The van der Waals surface area contributed by atoms with E-state index in [9.17, 15) is 19.8 Å². The molecule has 6 nitrogen and oxygen atoms in total. The number of aldehydes is 1. The van der Waals surface area contributed by atoms with Gasteiger partial charge in [-0.05, 0) is 36.8 Å². The molecule has 0 amide bonds. The zero-order valence-electron chi connectivity index (χ0n) is 11.3. The summed E-state index contributed by atoms with van der Waals surface area (Å²) >= 11 is 0. The average molecular weight is 286 g/mol. The Kier molecular flexibility index (Phi) is 3.54. The normalized spacial score (nSPS) is 10.3. The third-order valence-electron chi connectivity index (χ3n) is 3.31.